The van der Waals surface area contributed by atoms with Crippen molar-refractivity contribution in [2.75, 3.05) is 11.1 Å². The molecule has 0 aliphatic carbocycles. The SMILES string of the molecule is CCn1ccc(Nc2ncc(C(=O)O)cc2N)n1. The molecule has 0 aliphatic heterocycles. The lowest BCUT2D eigenvalue weighted by atomic mass is 10.2. The molecule has 0 unspecified atom stereocenters. The number of nitrogens with one attached hydrogen (secondary N) is 1. The van der Waals surface area contributed by atoms with Crippen LogP contribution in [0.3, 0.4) is 0 Å². The number of pyridine rings is 1. The first kappa shape index (κ1) is 11.9. The quantitative estimate of drug-likeness (QED) is 0.752. The van der Waals surface area contributed by atoms with E-state index in [9.17, 15) is 4.79 Å². The van der Waals surface area contributed by atoms with Gasteiger partial charge in [0.05, 0.1) is 11.3 Å². The number of carboxylic acids is 1. The highest BCUT2D eigenvalue weighted by Crippen LogP contribution is 2.20. The third kappa shape index (κ3) is 2.40. The Morgan fingerprint density at radius 2 is 2.39 bits per heavy atom. The number of aromatic nitrogens is 3. The molecule has 0 aromatic carbocycles. The monoisotopic (exact) mass is 247 g/mol. The molecule has 0 saturated carbocycles. The number of carboxylic acid groups (broad SMARTS) is 1. The van der Waals surface area contributed by atoms with Crippen molar-refractivity contribution in [1.29, 1.82) is 0 Å². The van der Waals surface area contributed by atoms with Gasteiger partial charge in [-0.2, -0.15) is 5.10 Å². The third-order valence-corrected chi connectivity index (χ3v) is 2.38. The van der Waals surface area contributed by atoms with Crippen molar-refractivity contribution in [2.45, 2.75) is 13.5 Å². The number of hydrogen-bond donors (Lipinski definition) is 3. The zero-order valence-electron chi connectivity index (χ0n) is 9.79. The zero-order chi connectivity index (χ0) is 13.1. The molecular weight excluding hydrogens is 234 g/mol. The van der Waals surface area contributed by atoms with Crippen molar-refractivity contribution in [3.63, 3.8) is 0 Å². The van der Waals surface area contributed by atoms with Crippen molar-refractivity contribution in [1.82, 2.24) is 14.8 Å². The van der Waals surface area contributed by atoms with E-state index >= 15 is 0 Å². The van der Waals surface area contributed by atoms with Gasteiger partial charge in [-0.05, 0) is 13.0 Å². The van der Waals surface area contributed by atoms with E-state index in [0.717, 1.165) is 6.54 Å². The molecule has 0 amide bonds. The molecular formula is C11H13N5O2. The summed E-state index contributed by atoms with van der Waals surface area (Å²) in [5.41, 5.74) is 6.04. The molecule has 0 spiro atoms. The second-order valence-electron chi connectivity index (χ2n) is 3.65. The number of rotatable bonds is 4. The Morgan fingerprint density at radius 1 is 1.61 bits per heavy atom. The second-order valence-corrected chi connectivity index (χ2v) is 3.65. The van der Waals surface area contributed by atoms with Gasteiger partial charge in [0, 0.05) is 25.0 Å². The van der Waals surface area contributed by atoms with E-state index in [1.807, 2.05) is 13.1 Å². The van der Waals surface area contributed by atoms with Crippen LogP contribution in [0.15, 0.2) is 24.5 Å². The Hall–Kier alpha value is -2.57. The van der Waals surface area contributed by atoms with E-state index in [0.29, 0.717) is 11.6 Å². The van der Waals surface area contributed by atoms with E-state index in [-0.39, 0.29) is 11.3 Å². The predicted molar refractivity (Wildman–Crippen MR) is 66.8 cm³/mol. The smallest absolute Gasteiger partial charge is 0.337 e. The molecule has 94 valence electrons. The van der Waals surface area contributed by atoms with E-state index in [1.54, 1.807) is 10.7 Å². The van der Waals surface area contributed by atoms with Gasteiger partial charge in [-0.15, -0.1) is 0 Å². The lowest BCUT2D eigenvalue weighted by molar-refractivity contribution is 0.0696. The molecule has 2 aromatic heterocycles. The van der Waals surface area contributed by atoms with Crippen molar-refractivity contribution in [3.8, 4) is 0 Å². The molecule has 4 N–H and O–H groups in total. The van der Waals surface area contributed by atoms with E-state index < -0.39 is 5.97 Å². The average Bonchev–Trinajstić information content (AvgIpc) is 2.79. The summed E-state index contributed by atoms with van der Waals surface area (Å²) >= 11 is 0. The van der Waals surface area contributed by atoms with Gasteiger partial charge in [0.1, 0.15) is 0 Å². The number of carbonyl (C=O) groups is 1. The molecule has 0 aliphatic rings. The molecule has 0 atom stereocenters. The zero-order valence-corrected chi connectivity index (χ0v) is 9.79. The van der Waals surface area contributed by atoms with Crippen molar-refractivity contribution in [3.05, 3.63) is 30.1 Å². The predicted octanol–water partition coefficient (Wildman–Crippen LogP) is 1.32. The summed E-state index contributed by atoms with van der Waals surface area (Å²) in [7, 11) is 0. The Kier molecular flexibility index (Phi) is 3.13. The fourth-order valence-electron chi connectivity index (χ4n) is 1.43. The minimum atomic E-state index is -1.06. The molecule has 18 heavy (non-hydrogen) atoms. The lowest BCUT2D eigenvalue weighted by Crippen LogP contribution is -2.04. The molecule has 2 heterocycles. The third-order valence-electron chi connectivity index (χ3n) is 2.38. The van der Waals surface area contributed by atoms with Crippen LogP contribution in [0.2, 0.25) is 0 Å². The number of nitrogen functional groups attached to an aromatic ring is 1. The number of aromatic carboxylic acids is 1. The van der Waals surface area contributed by atoms with E-state index in [2.05, 4.69) is 15.4 Å². The van der Waals surface area contributed by atoms with Crippen LogP contribution in [-0.2, 0) is 6.54 Å². The number of nitrogens with zero attached hydrogens (tertiary/aromatic N) is 3. The summed E-state index contributed by atoms with van der Waals surface area (Å²) in [5.74, 6) is -0.0588. The number of aryl methyl sites for hydroxylation is 1. The molecule has 7 nitrogen and oxygen atoms in total. The first-order valence-corrected chi connectivity index (χ1v) is 5.39. The van der Waals surface area contributed by atoms with Gasteiger partial charge < -0.3 is 16.2 Å². The van der Waals surface area contributed by atoms with Gasteiger partial charge in [0.15, 0.2) is 11.6 Å². The normalized spacial score (nSPS) is 10.3. The first-order chi connectivity index (χ1) is 8.60. The standard InChI is InChI=1S/C11H13N5O2/c1-2-16-4-3-9(15-16)14-10-8(12)5-7(6-13-10)11(17)18/h3-6H,2,12H2,1H3,(H,17,18)(H,13,14,15). The summed E-state index contributed by atoms with van der Waals surface area (Å²) in [6, 6.07) is 3.14. The molecule has 0 saturated heterocycles. The minimum Gasteiger partial charge on any atom is -0.478 e. The average molecular weight is 247 g/mol. The summed E-state index contributed by atoms with van der Waals surface area (Å²) in [6.07, 6.45) is 3.07. The highest BCUT2D eigenvalue weighted by molar-refractivity contribution is 5.89. The Labute approximate surface area is 103 Å². The van der Waals surface area contributed by atoms with Crippen LogP contribution in [0.1, 0.15) is 17.3 Å². The highest BCUT2D eigenvalue weighted by Gasteiger charge is 2.08. The van der Waals surface area contributed by atoms with Crippen LogP contribution >= 0.6 is 0 Å². The number of nitrogens with two attached hydrogens (primary N) is 1. The topological polar surface area (TPSA) is 106 Å². The molecule has 0 bridgehead atoms. The molecule has 7 heteroatoms. The fraction of sp³-hybridized carbons (Fsp3) is 0.182. The summed E-state index contributed by atoms with van der Waals surface area (Å²) in [6.45, 7) is 2.74. The Balaban J connectivity index is 2.21. The van der Waals surface area contributed by atoms with Crippen LogP contribution in [0.4, 0.5) is 17.3 Å². The van der Waals surface area contributed by atoms with Crippen molar-refractivity contribution >= 4 is 23.3 Å². The molecule has 2 aromatic rings. The lowest BCUT2D eigenvalue weighted by Gasteiger charge is -2.06. The van der Waals surface area contributed by atoms with Crippen LogP contribution in [0.25, 0.3) is 0 Å². The maximum atomic E-state index is 10.7. The van der Waals surface area contributed by atoms with Gasteiger partial charge in [-0.25, -0.2) is 9.78 Å². The highest BCUT2D eigenvalue weighted by atomic mass is 16.4. The van der Waals surface area contributed by atoms with Crippen molar-refractivity contribution in [2.24, 2.45) is 0 Å². The summed E-state index contributed by atoms with van der Waals surface area (Å²) in [4.78, 5) is 14.7. The molecule has 2 rings (SSSR count). The van der Waals surface area contributed by atoms with E-state index in [1.165, 1.54) is 12.3 Å². The van der Waals surface area contributed by atoms with Crippen LogP contribution in [0.5, 0.6) is 0 Å². The Bertz CT molecular complexity index is 579. The van der Waals surface area contributed by atoms with Crippen LogP contribution in [0, 0.1) is 0 Å². The van der Waals surface area contributed by atoms with Gasteiger partial charge in [0.2, 0.25) is 0 Å². The van der Waals surface area contributed by atoms with Crippen LogP contribution < -0.4 is 11.1 Å². The molecule has 0 radical (unpaired) electrons. The van der Waals surface area contributed by atoms with Crippen molar-refractivity contribution < 1.29 is 9.90 Å². The second kappa shape index (κ2) is 4.74. The number of anilines is 3. The maximum Gasteiger partial charge on any atom is 0.337 e. The van der Waals surface area contributed by atoms with E-state index in [4.69, 9.17) is 10.8 Å². The van der Waals surface area contributed by atoms with Gasteiger partial charge in [-0.3, -0.25) is 4.68 Å². The van der Waals surface area contributed by atoms with Crippen LogP contribution in [-0.4, -0.2) is 25.8 Å². The molecule has 0 fully saturated rings. The van der Waals surface area contributed by atoms with Gasteiger partial charge in [-0.1, -0.05) is 0 Å². The first-order valence-electron chi connectivity index (χ1n) is 5.39. The number of hydrogen-bond acceptors (Lipinski definition) is 5. The Morgan fingerprint density at radius 3 is 2.94 bits per heavy atom. The fourth-order valence-corrected chi connectivity index (χ4v) is 1.43. The van der Waals surface area contributed by atoms with Gasteiger partial charge in [0.25, 0.3) is 0 Å². The summed E-state index contributed by atoms with van der Waals surface area (Å²) in [5, 5.41) is 15.9. The largest absolute Gasteiger partial charge is 0.478 e. The van der Waals surface area contributed by atoms with Gasteiger partial charge >= 0.3 is 5.97 Å². The summed E-state index contributed by atoms with van der Waals surface area (Å²) < 4.78 is 1.75. The maximum absolute atomic E-state index is 10.7. The minimum absolute atomic E-state index is 0.0529.